The molecule has 1 aliphatic rings. The van der Waals surface area contributed by atoms with Crippen LogP contribution in [0.25, 0.3) is 11.3 Å². The molecule has 1 aliphatic heterocycles. The van der Waals surface area contributed by atoms with Gasteiger partial charge < -0.3 is 15.1 Å². The summed E-state index contributed by atoms with van der Waals surface area (Å²) in [5, 5.41) is 27.3. The first kappa shape index (κ1) is 17.6. The second kappa shape index (κ2) is 7.06. The van der Waals surface area contributed by atoms with Crippen LogP contribution in [0, 0.1) is 0 Å². The molecule has 0 bridgehead atoms. The van der Waals surface area contributed by atoms with E-state index in [4.69, 9.17) is 11.6 Å². The third-order valence-electron chi connectivity index (χ3n) is 4.77. The van der Waals surface area contributed by atoms with Crippen LogP contribution in [0.3, 0.4) is 0 Å². The fourth-order valence-electron chi connectivity index (χ4n) is 3.54. The fraction of sp³-hybridized carbons (Fsp3) is 0.200. The number of phenols is 1. The lowest BCUT2D eigenvalue weighted by Gasteiger charge is -2.26. The lowest BCUT2D eigenvalue weighted by atomic mass is 9.95. The third kappa shape index (κ3) is 2.97. The Hall–Kier alpha value is -2.83. The number of aromatic amines is 1. The quantitative estimate of drug-likeness (QED) is 0.630. The molecule has 0 spiro atoms. The van der Waals surface area contributed by atoms with Gasteiger partial charge in [0.25, 0.3) is 5.91 Å². The molecule has 0 unspecified atom stereocenters. The standard InChI is InChI=1S/C20H18ClN3O3/c21-13-8-6-12(7-9-13)19-16-17(14-4-1-2-5-15(14)26)22-23-18(16)20(27)24(19)10-3-11-25/h1-2,4-9,19,25-26H,3,10-11H2,(H,22,23)/t19-/m1/s1. The summed E-state index contributed by atoms with van der Waals surface area (Å²) >= 11 is 6.03. The van der Waals surface area contributed by atoms with E-state index >= 15 is 0 Å². The minimum Gasteiger partial charge on any atom is -0.507 e. The van der Waals surface area contributed by atoms with Crippen molar-refractivity contribution in [1.29, 1.82) is 0 Å². The van der Waals surface area contributed by atoms with Crippen LogP contribution in [0.15, 0.2) is 48.5 Å². The molecule has 3 N–H and O–H groups in total. The van der Waals surface area contributed by atoms with E-state index in [1.54, 1.807) is 35.2 Å². The summed E-state index contributed by atoms with van der Waals surface area (Å²) in [6.07, 6.45) is 0.472. The summed E-state index contributed by atoms with van der Waals surface area (Å²) in [6, 6.07) is 13.9. The number of phenolic OH excluding ortho intramolecular Hbond substituents is 1. The predicted molar refractivity (Wildman–Crippen MR) is 102 cm³/mol. The number of amides is 1. The summed E-state index contributed by atoms with van der Waals surface area (Å²) in [5.41, 5.74) is 3.13. The first-order valence-electron chi connectivity index (χ1n) is 8.65. The number of hydrogen-bond donors (Lipinski definition) is 3. The number of benzene rings is 2. The number of nitrogens with one attached hydrogen (secondary N) is 1. The SMILES string of the molecule is O=C1c2[nH]nc(-c3ccccc3O)c2[C@@H](c2ccc(Cl)cc2)N1CCCO. The maximum atomic E-state index is 13.0. The number of aliphatic hydroxyl groups is 1. The van der Waals surface area contributed by atoms with Gasteiger partial charge in [0.1, 0.15) is 17.1 Å². The zero-order valence-corrected chi connectivity index (χ0v) is 15.1. The molecule has 0 radical (unpaired) electrons. The zero-order valence-electron chi connectivity index (χ0n) is 14.4. The second-order valence-corrected chi connectivity index (χ2v) is 6.84. The number of fused-ring (bicyclic) bond motifs is 1. The van der Waals surface area contributed by atoms with Gasteiger partial charge in [-0.05, 0) is 36.2 Å². The molecule has 4 rings (SSSR count). The van der Waals surface area contributed by atoms with Crippen LogP contribution in [-0.2, 0) is 0 Å². The molecule has 0 saturated carbocycles. The molecule has 0 fully saturated rings. The fourth-order valence-corrected chi connectivity index (χ4v) is 3.67. The number of carbonyl (C=O) groups excluding carboxylic acids is 1. The van der Waals surface area contributed by atoms with E-state index in [0.29, 0.717) is 34.9 Å². The van der Waals surface area contributed by atoms with Crippen molar-refractivity contribution < 1.29 is 15.0 Å². The Bertz CT molecular complexity index is 984. The molecule has 2 heterocycles. The molecule has 0 saturated heterocycles. The molecular formula is C20H18ClN3O3. The first-order chi connectivity index (χ1) is 13.1. The number of aromatic nitrogens is 2. The molecule has 6 nitrogen and oxygen atoms in total. The number of carbonyl (C=O) groups is 1. The van der Waals surface area contributed by atoms with Gasteiger partial charge in [-0.3, -0.25) is 9.89 Å². The molecule has 2 aromatic carbocycles. The number of aliphatic hydroxyl groups excluding tert-OH is 1. The lowest BCUT2D eigenvalue weighted by Crippen LogP contribution is -2.31. The Balaban J connectivity index is 1.88. The van der Waals surface area contributed by atoms with Crippen molar-refractivity contribution in [3.8, 4) is 17.0 Å². The second-order valence-electron chi connectivity index (χ2n) is 6.41. The van der Waals surface area contributed by atoms with E-state index in [2.05, 4.69) is 10.2 Å². The van der Waals surface area contributed by atoms with Gasteiger partial charge in [0.15, 0.2) is 0 Å². The van der Waals surface area contributed by atoms with Crippen LogP contribution in [0.2, 0.25) is 5.02 Å². The van der Waals surface area contributed by atoms with Crippen molar-refractivity contribution in [2.45, 2.75) is 12.5 Å². The summed E-state index contributed by atoms with van der Waals surface area (Å²) in [4.78, 5) is 14.7. The molecule has 138 valence electrons. The normalized spacial score (nSPS) is 16.0. The Kier molecular flexibility index (Phi) is 4.59. The third-order valence-corrected chi connectivity index (χ3v) is 5.02. The molecule has 1 aromatic heterocycles. The van der Waals surface area contributed by atoms with E-state index in [-0.39, 0.29) is 24.3 Å². The highest BCUT2D eigenvalue weighted by molar-refractivity contribution is 6.30. The Morgan fingerprint density at radius 1 is 1.15 bits per heavy atom. The van der Waals surface area contributed by atoms with Crippen molar-refractivity contribution in [3.63, 3.8) is 0 Å². The average Bonchev–Trinajstić information content (AvgIpc) is 3.21. The predicted octanol–water partition coefficient (Wildman–Crippen LogP) is 3.36. The van der Waals surface area contributed by atoms with Gasteiger partial charge in [0.05, 0.1) is 6.04 Å². The summed E-state index contributed by atoms with van der Waals surface area (Å²) < 4.78 is 0. The van der Waals surface area contributed by atoms with E-state index in [1.807, 2.05) is 18.2 Å². The van der Waals surface area contributed by atoms with Crippen molar-refractivity contribution in [3.05, 3.63) is 70.4 Å². The zero-order chi connectivity index (χ0) is 19.0. The van der Waals surface area contributed by atoms with Gasteiger partial charge in [0.2, 0.25) is 0 Å². The van der Waals surface area contributed by atoms with Gasteiger partial charge in [-0.1, -0.05) is 35.9 Å². The van der Waals surface area contributed by atoms with Crippen LogP contribution in [-0.4, -0.2) is 44.4 Å². The average molecular weight is 384 g/mol. The highest BCUT2D eigenvalue weighted by Crippen LogP contribution is 2.44. The van der Waals surface area contributed by atoms with E-state index in [9.17, 15) is 15.0 Å². The summed E-state index contributed by atoms with van der Waals surface area (Å²) in [7, 11) is 0. The van der Waals surface area contributed by atoms with Crippen molar-refractivity contribution in [2.24, 2.45) is 0 Å². The van der Waals surface area contributed by atoms with Gasteiger partial charge in [-0.15, -0.1) is 0 Å². The number of H-pyrrole nitrogens is 1. The van der Waals surface area contributed by atoms with E-state index in [0.717, 1.165) is 11.1 Å². The number of para-hydroxylation sites is 1. The largest absolute Gasteiger partial charge is 0.507 e. The Morgan fingerprint density at radius 2 is 1.89 bits per heavy atom. The van der Waals surface area contributed by atoms with Crippen LogP contribution in [0.1, 0.15) is 34.1 Å². The molecule has 1 amide bonds. The minimum atomic E-state index is -0.371. The Morgan fingerprint density at radius 3 is 2.59 bits per heavy atom. The van der Waals surface area contributed by atoms with Crippen molar-refractivity contribution in [1.82, 2.24) is 15.1 Å². The number of aromatic hydroxyl groups is 1. The number of halogens is 1. The van der Waals surface area contributed by atoms with Gasteiger partial charge >= 0.3 is 0 Å². The smallest absolute Gasteiger partial charge is 0.273 e. The van der Waals surface area contributed by atoms with E-state index < -0.39 is 0 Å². The van der Waals surface area contributed by atoms with Crippen LogP contribution in [0.5, 0.6) is 5.75 Å². The van der Waals surface area contributed by atoms with Crippen molar-refractivity contribution >= 4 is 17.5 Å². The monoisotopic (exact) mass is 383 g/mol. The summed E-state index contributed by atoms with van der Waals surface area (Å²) in [5.74, 6) is -0.0736. The van der Waals surface area contributed by atoms with Gasteiger partial charge in [0, 0.05) is 29.3 Å². The number of hydrogen-bond acceptors (Lipinski definition) is 4. The molecule has 0 aliphatic carbocycles. The first-order valence-corrected chi connectivity index (χ1v) is 9.03. The Labute approximate surface area is 161 Å². The molecule has 1 atom stereocenters. The highest BCUT2D eigenvalue weighted by atomic mass is 35.5. The topological polar surface area (TPSA) is 89.5 Å². The highest BCUT2D eigenvalue weighted by Gasteiger charge is 2.42. The van der Waals surface area contributed by atoms with Crippen LogP contribution < -0.4 is 0 Å². The summed E-state index contributed by atoms with van der Waals surface area (Å²) in [6.45, 7) is 0.404. The maximum absolute atomic E-state index is 13.0. The number of nitrogens with zero attached hydrogens (tertiary/aromatic N) is 2. The minimum absolute atomic E-state index is 0.00433. The van der Waals surface area contributed by atoms with Crippen LogP contribution >= 0.6 is 11.6 Å². The molecule has 7 heteroatoms. The molecular weight excluding hydrogens is 366 g/mol. The lowest BCUT2D eigenvalue weighted by molar-refractivity contribution is 0.0732. The number of rotatable bonds is 5. The van der Waals surface area contributed by atoms with Crippen LogP contribution in [0.4, 0.5) is 0 Å². The van der Waals surface area contributed by atoms with Gasteiger partial charge in [-0.2, -0.15) is 5.10 Å². The van der Waals surface area contributed by atoms with E-state index in [1.165, 1.54) is 0 Å². The van der Waals surface area contributed by atoms with Gasteiger partial charge in [-0.25, -0.2) is 0 Å². The molecule has 3 aromatic rings. The van der Waals surface area contributed by atoms with Crippen molar-refractivity contribution in [2.75, 3.05) is 13.2 Å². The molecule has 27 heavy (non-hydrogen) atoms. The maximum Gasteiger partial charge on any atom is 0.273 e.